The van der Waals surface area contributed by atoms with Crippen LogP contribution in [0.5, 0.6) is 0 Å². The number of nitrogens with zero attached hydrogens (tertiary/aromatic N) is 2. The molecular formula is C22H24N2O3S. The molecule has 0 saturated carbocycles. The van der Waals surface area contributed by atoms with Gasteiger partial charge < -0.3 is 4.90 Å². The average Bonchev–Trinajstić information content (AvgIpc) is 2.88. The van der Waals surface area contributed by atoms with E-state index in [2.05, 4.69) is 43.5 Å². The number of allylic oxidation sites excluding steroid dienone is 7. The van der Waals surface area contributed by atoms with E-state index in [1.165, 1.54) is 29.5 Å². The summed E-state index contributed by atoms with van der Waals surface area (Å²) in [6.07, 6.45) is 9.49. The van der Waals surface area contributed by atoms with Crippen molar-refractivity contribution in [1.29, 1.82) is 0 Å². The lowest BCUT2D eigenvalue weighted by molar-refractivity contribution is -0.419. The van der Waals surface area contributed by atoms with Crippen LogP contribution in [0, 0.1) is 10.1 Å². The van der Waals surface area contributed by atoms with E-state index in [1.54, 1.807) is 6.08 Å². The molecule has 0 radical (unpaired) electrons. The highest BCUT2D eigenvalue weighted by molar-refractivity contribution is 7.80. The molecule has 0 spiro atoms. The Morgan fingerprint density at radius 2 is 1.93 bits per heavy atom. The maximum atomic E-state index is 12.2. The Morgan fingerprint density at radius 3 is 2.64 bits per heavy atom. The summed E-state index contributed by atoms with van der Waals surface area (Å²) in [7, 11) is 0. The van der Waals surface area contributed by atoms with Crippen molar-refractivity contribution in [3.8, 4) is 0 Å². The van der Waals surface area contributed by atoms with Gasteiger partial charge >= 0.3 is 0 Å². The molecule has 1 aliphatic carbocycles. The van der Waals surface area contributed by atoms with Gasteiger partial charge in [-0.3, -0.25) is 14.9 Å². The van der Waals surface area contributed by atoms with Crippen molar-refractivity contribution >= 4 is 24.1 Å². The van der Waals surface area contributed by atoms with Crippen LogP contribution in [0.4, 0.5) is 5.69 Å². The van der Waals surface area contributed by atoms with Crippen molar-refractivity contribution < 1.29 is 9.72 Å². The van der Waals surface area contributed by atoms with Gasteiger partial charge in [-0.2, -0.15) is 12.6 Å². The number of unbranched alkanes of at least 4 members (excludes halogenated alkanes) is 1. The molecule has 6 heteroatoms. The highest BCUT2D eigenvalue weighted by atomic mass is 32.1. The predicted octanol–water partition coefficient (Wildman–Crippen LogP) is 4.60. The molecule has 0 amide bonds. The monoisotopic (exact) mass is 396 g/mol. The fourth-order valence-electron chi connectivity index (χ4n) is 3.71. The highest BCUT2D eigenvalue weighted by Gasteiger charge is 2.39. The molecule has 146 valence electrons. The summed E-state index contributed by atoms with van der Waals surface area (Å²) < 4.78 is 0. The zero-order valence-electron chi connectivity index (χ0n) is 16.1. The zero-order chi connectivity index (χ0) is 20.3. The van der Waals surface area contributed by atoms with Crippen LogP contribution in [0.1, 0.15) is 32.3 Å². The van der Waals surface area contributed by atoms with Crippen molar-refractivity contribution in [1.82, 2.24) is 0 Å². The number of carbonyl (C=O) groups is 1. The van der Waals surface area contributed by atoms with Crippen LogP contribution < -0.4 is 4.90 Å². The highest BCUT2D eigenvalue weighted by Crippen LogP contribution is 2.47. The van der Waals surface area contributed by atoms with E-state index < -0.39 is 4.92 Å². The standard InChI is InChI=1S/C22H24N2O3S/c1-22(2)18-7-3-4-8-19(18)23(13-5-6-14-28)21(22)12-9-16-15-17(24(26)27)10-11-20(16)25/h3-4,7-12,15,28H,5-6,13-14H2,1-2H3/b16-9-,21-12+. The Labute approximate surface area is 170 Å². The Kier molecular flexibility index (Phi) is 5.89. The van der Waals surface area contributed by atoms with Crippen molar-refractivity contribution in [2.24, 2.45) is 0 Å². The molecule has 1 aromatic carbocycles. The Bertz CT molecular complexity index is 925. The SMILES string of the molecule is CC1(C)/C(=C\C=C2\C=C([N+](=O)[O-])C=CC2=O)N(CCCCS)c2ccccc21. The second-order valence-electron chi connectivity index (χ2n) is 7.42. The van der Waals surface area contributed by atoms with E-state index in [0.717, 1.165) is 30.8 Å². The first-order chi connectivity index (χ1) is 13.4. The molecule has 0 bridgehead atoms. The molecule has 0 unspecified atom stereocenters. The summed E-state index contributed by atoms with van der Waals surface area (Å²) in [6, 6.07) is 8.32. The van der Waals surface area contributed by atoms with Crippen molar-refractivity contribution in [3.05, 3.63) is 87.3 Å². The first kappa shape index (κ1) is 20.1. The van der Waals surface area contributed by atoms with Crippen molar-refractivity contribution in [2.75, 3.05) is 17.2 Å². The van der Waals surface area contributed by atoms with Crippen molar-refractivity contribution in [2.45, 2.75) is 32.1 Å². The minimum absolute atomic E-state index is 0.0798. The largest absolute Gasteiger partial charge is 0.344 e. The van der Waals surface area contributed by atoms with Crippen LogP contribution in [-0.2, 0) is 10.2 Å². The number of nitro groups is 1. The molecule has 0 atom stereocenters. The van der Waals surface area contributed by atoms with Gasteiger partial charge in [-0.25, -0.2) is 0 Å². The molecule has 1 aliphatic heterocycles. The van der Waals surface area contributed by atoms with Crippen LogP contribution in [0.25, 0.3) is 0 Å². The van der Waals surface area contributed by atoms with Crippen molar-refractivity contribution in [3.63, 3.8) is 0 Å². The van der Waals surface area contributed by atoms with Gasteiger partial charge in [0.05, 0.1) is 4.92 Å². The fraction of sp³-hybridized carbons (Fsp3) is 0.318. The smallest absolute Gasteiger partial charge is 0.270 e. The Hall–Kier alpha value is -2.60. The molecule has 2 aliphatic rings. The fourth-order valence-corrected chi connectivity index (χ4v) is 3.94. The average molecular weight is 397 g/mol. The number of fused-ring (bicyclic) bond motifs is 1. The molecule has 0 fully saturated rings. The number of hydrogen-bond donors (Lipinski definition) is 1. The maximum absolute atomic E-state index is 12.2. The molecule has 3 rings (SSSR count). The van der Waals surface area contributed by atoms with Gasteiger partial charge in [-0.15, -0.1) is 0 Å². The molecule has 0 saturated heterocycles. The van der Waals surface area contributed by atoms with Crippen LogP contribution >= 0.6 is 12.6 Å². The molecule has 0 aromatic heterocycles. The number of hydrogen-bond acceptors (Lipinski definition) is 5. The van der Waals surface area contributed by atoms with Crippen LogP contribution in [0.15, 0.2) is 71.6 Å². The molecular weight excluding hydrogens is 372 g/mol. The number of carbonyl (C=O) groups excluding carboxylic acids is 1. The first-order valence-corrected chi connectivity index (χ1v) is 9.98. The van der Waals surface area contributed by atoms with Crippen LogP contribution in [-0.4, -0.2) is 23.0 Å². The molecule has 28 heavy (non-hydrogen) atoms. The third kappa shape index (κ3) is 3.83. The van der Waals surface area contributed by atoms with E-state index in [-0.39, 0.29) is 16.9 Å². The molecule has 1 aromatic rings. The van der Waals surface area contributed by atoms with E-state index in [9.17, 15) is 14.9 Å². The van der Waals surface area contributed by atoms with E-state index in [1.807, 2.05) is 18.2 Å². The summed E-state index contributed by atoms with van der Waals surface area (Å²) in [4.78, 5) is 25.0. The van der Waals surface area contributed by atoms with Gasteiger partial charge in [-0.1, -0.05) is 32.0 Å². The third-order valence-electron chi connectivity index (χ3n) is 5.21. The lowest BCUT2D eigenvalue weighted by Crippen LogP contribution is -2.27. The summed E-state index contributed by atoms with van der Waals surface area (Å²) in [5.74, 6) is 0.620. The number of para-hydroxylation sites is 1. The number of anilines is 1. The second-order valence-corrected chi connectivity index (χ2v) is 7.87. The van der Waals surface area contributed by atoms with Gasteiger partial charge in [-0.05, 0) is 48.5 Å². The lowest BCUT2D eigenvalue weighted by atomic mass is 9.83. The molecule has 1 heterocycles. The van der Waals surface area contributed by atoms with Gasteiger partial charge in [0.1, 0.15) is 0 Å². The Balaban J connectivity index is 2.01. The molecule has 0 N–H and O–H groups in total. The minimum Gasteiger partial charge on any atom is -0.344 e. The minimum atomic E-state index is -0.483. The lowest BCUT2D eigenvalue weighted by Gasteiger charge is -2.27. The van der Waals surface area contributed by atoms with Crippen LogP contribution in [0.2, 0.25) is 0 Å². The number of rotatable bonds is 6. The van der Waals surface area contributed by atoms with Crippen LogP contribution in [0.3, 0.4) is 0 Å². The van der Waals surface area contributed by atoms with Gasteiger partial charge in [0, 0.05) is 41.1 Å². The second kappa shape index (κ2) is 8.19. The van der Waals surface area contributed by atoms with E-state index >= 15 is 0 Å². The summed E-state index contributed by atoms with van der Waals surface area (Å²) in [5, 5.41) is 11.0. The number of benzene rings is 1. The number of thiol groups is 1. The summed E-state index contributed by atoms with van der Waals surface area (Å²) >= 11 is 4.31. The van der Waals surface area contributed by atoms with E-state index in [0.29, 0.717) is 5.57 Å². The quantitative estimate of drug-likeness (QED) is 0.251. The van der Waals surface area contributed by atoms with Gasteiger partial charge in [0.2, 0.25) is 0 Å². The Morgan fingerprint density at radius 1 is 1.18 bits per heavy atom. The van der Waals surface area contributed by atoms with Gasteiger partial charge in [0.25, 0.3) is 5.70 Å². The van der Waals surface area contributed by atoms with Gasteiger partial charge in [0.15, 0.2) is 5.78 Å². The first-order valence-electron chi connectivity index (χ1n) is 9.35. The summed E-state index contributed by atoms with van der Waals surface area (Å²) in [6.45, 7) is 5.19. The summed E-state index contributed by atoms with van der Waals surface area (Å²) in [5.41, 5.74) is 3.51. The number of ketones is 1. The predicted molar refractivity (Wildman–Crippen MR) is 115 cm³/mol. The maximum Gasteiger partial charge on any atom is 0.270 e. The normalized spacial score (nSPS) is 20.6. The van der Waals surface area contributed by atoms with E-state index in [4.69, 9.17) is 0 Å². The zero-order valence-corrected chi connectivity index (χ0v) is 17.0. The third-order valence-corrected chi connectivity index (χ3v) is 5.53. The molecule has 5 nitrogen and oxygen atoms in total. The topological polar surface area (TPSA) is 63.5 Å².